The number of fused-ring (bicyclic) bond motifs is 1. The fraction of sp³-hybridized carbons (Fsp3) is 0.125. The fourth-order valence-corrected chi connectivity index (χ4v) is 2.63. The SMILES string of the molecule is O=C(Cn1c(=O)[nH]c2ccccc21)Nc1ccc(Cl)cc1C(F)(F)F. The van der Waals surface area contributed by atoms with E-state index in [-0.39, 0.29) is 5.02 Å². The van der Waals surface area contributed by atoms with Crippen LogP contribution in [0.15, 0.2) is 47.3 Å². The maximum Gasteiger partial charge on any atom is 0.418 e. The van der Waals surface area contributed by atoms with E-state index in [4.69, 9.17) is 11.6 Å². The number of carbonyl (C=O) groups is 1. The number of carbonyl (C=O) groups excluding carboxylic acids is 1. The summed E-state index contributed by atoms with van der Waals surface area (Å²) in [6.45, 7) is -0.428. The normalized spacial score (nSPS) is 11.7. The number of halogens is 4. The largest absolute Gasteiger partial charge is 0.418 e. The quantitative estimate of drug-likeness (QED) is 0.740. The van der Waals surface area contributed by atoms with Gasteiger partial charge in [0.2, 0.25) is 5.91 Å². The van der Waals surface area contributed by atoms with Gasteiger partial charge in [-0.05, 0) is 30.3 Å². The Balaban J connectivity index is 1.89. The van der Waals surface area contributed by atoms with Gasteiger partial charge >= 0.3 is 11.9 Å². The highest BCUT2D eigenvalue weighted by molar-refractivity contribution is 6.30. The topological polar surface area (TPSA) is 66.9 Å². The van der Waals surface area contributed by atoms with Gasteiger partial charge in [0.25, 0.3) is 0 Å². The second-order valence-electron chi connectivity index (χ2n) is 5.27. The molecule has 0 aliphatic rings. The van der Waals surface area contributed by atoms with E-state index in [2.05, 4.69) is 10.3 Å². The number of hydrogen-bond acceptors (Lipinski definition) is 2. The molecule has 2 aromatic carbocycles. The summed E-state index contributed by atoms with van der Waals surface area (Å²) in [6.07, 6.45) is -4.68. The lowest BCUT2D eigenvalue weighted by Gasteiger charge is -2.14. The number of nitrogens with one attached hydrogen (secondary N) is 2. The van der Waals surface area contributed by atoms with Crippen molar-refractivity contribution in [1.29, 1.82) is 0 Å². The van der Waals surface area contributed by atoms with Crippen LogP contribution in [0.3, 0.4) is 0 Å². The summed E-state index contributed by atoms with van der Waals surface area (Å²) in [5.74, 6) is -0.764. The van der Waals surface area contributed by atoms with Crippen molar-refractivity contribution < 1.29 is 18.0 Å². The molecule has 1 aromatic heterocycles. The summed E-state index contributed by atoms with van der Waals surface area (Å²) in [5.41, 5.74) is -0.990. The molecule has 1 amide bonds. The Hall–Kier alpha value is -2.74. The number of para-hydroxylation sites is 2. The number of nitrogens with zero attached hydrogens (tertiary/aromatic N) is 1. The zero-order valence-corrected chi connectivity index (χ0v) is 13.3. The summed E-state index contributed by atoms with van der Waals surface area (Å²) in [4.78, 5) is 26.7. The van der Waals surface area contributed by atoms with Crippen LogP contribution in [-0.2, 0) is 17.5 Å². The van der Waals surface area contributed by atoms with Crippen molar-refractivity contribution in [2.24, 2.45) is 0 Å². The Kier molecular flexibility index (Phi) is 4.30. The molecular weight excluding hydrogens is 359 g/mol. The third kappa shape index (κ3) is 3.53. The van der Waals surface area contributed by atoms with Crippen molar-refractivity contribution in [3.05, 3.63) is 63.5 Å². The lowest BCUT2D eigenvalue weighted by molar-refractivity contribution is -0.137. The summed E-state index contributed by atoms with van der Waals surface area (Å²) >= 11 is 5.60. The Morgan fingerprint density at radius 3 is 2.64 bits per heavy atom. The minimum absolute atomic E-state index is 0.0989. The molecule has 0 saturated carbocycles. The van der Waals surface area contributed by atoms with Gasteiger partial charge < -0.3 is 10.3 Å². The van der Waals surface area contributed by atoms with Crippen LogP contribution in [0.4, 0.5) is 18.9 Å². The first-order valence-electron chi connectivity index (χ1n) is 7.10. The average Bonchev–Trinajstić information content (AvgIpc) is 2.84. The smallest absolute Gasteiger partial charge is 0.324 e. The Labute approximate surface area is 144 Å². The van der Waals surface area contributed by atoms with Crippen molar-refractivity contribution in [2.45, 2.75) is 12.7 Å². The second kappa shape index (κ2) is 6.29. The first kappa shape index (κ1) is 17.1. The van der Waals surface area contributed by atoms with E-state index in [1.807, 2.05) is 0 Å². The van der Waals surface area contributed by atoms with E-state index in [0.29, 0.717) is 11.0 Å². The average molecular weight is 370 g/mol. The van der Waals surface area contributed by atoms with Crippen LogP contribution in [0.5, 0.6) is 0 Å². The Bertz CT molecular complexity index is 1010. The summed E-state index contributed by atoms with van der Waals surface area (Å²) in [5, 5.41) is 2.08. The van der Waals surface area contributed by atoms with Crippen molar-refractivity contribution in [1.82, 2.24) is 9.55 Å². The van der Waals surface area contributed by atoms with Crippen molar-refractivity contribution in [2.75, 3.05) is 5.32 Å². The molecule has 0 fully saturated rings. The number of rotatable bonds is 3. The van der Waals surface area contributed by atoms with Gasteiger partial charge in [0.1, 0.15) is 6.54 Å². The van der Waals surface area contributed by atoms with Gasteiger partial charge in [-0.15, -0.1) is 0 Å². The van der Waals surface area contributed by atoms with Crippen molar-refractivity contribution >= 4 is 34.2 Å². The number of aromatic nitrogens is 2. The molecule has 25 heavy (non-hydrogen) atoms. The molecule has 130 valence electrons. The first-order chi connectivity index (χ1) is 11.8. The molecule has 0 radical (unpaired) electrons. The molecule has 2 N–H and O–H groups in total. The number of benzene rings is 2. The molecule has 3 aromatic rings. The molecule has 0 spiro atoms. The van der Waals surface area contributed by atoms with Crippen LogP contribution < -0.4 is 11.0 Å². The van der Waals surface area contributed by atoms with E-state index in [1.165, 1.54) is 6.07 Å². The summed E-state index contributed by atoms with van der Waals surface area (Å²) in [6, 6.07) is 9.73. The lowest BCUT2D eigenvalue weighted by atomic mass is 10.1. The van der Waals surface area contributed by atoms with E-state index in [9.17, 15) is 22.8 Å². The second-order valence-corrected chi connectivity index (χ2v) is 5.71. The van der Waals surface area contributed by atoms with Gasteiger partial charge in [-0.1, -0.05) is 23.7 Å². The summed E-state index contributed by atoms with van der Waals surface area (Å²) in [7, 11) is 0. The highest BCUT2D eigenvalue weighted by Gasteiger charge is 2.34. The predicted molar refractivity (Wildman–Crippen MR) is 87.6 cm³/mol. The zero-order chi connectivity index (χ0) is 18.2. The number of alkyl halides is 3. The lowest BCUT2D eigenvalue weighted by Crippen LogP contribution is -2.26. The van der Waals surface area contributed by atoms with Crippen molar-refractivity contribution in [3.8, 4) is 0 Å². The molecule has 5 nitrogen and oxygen atoms in total. The predicted octanol–water partition coefficient (Wildman–Crippen LogP) is 3.64. The monoisotopic (exact) mass is 369 g/mol. The molecule has 0 saturated heterocycles. The van der Waals surface area contributed by atoms with Crippen LogP contribution in [0, 0.1) is 0 Å². The highest BCUT2D eigenvalue weighted by atomic mass is 35.5. The van der Waals surface area contributed by atoms with E-state index in [1.54, 1.807) is 24.3 Å². The molecule has 3 rings (SSSR count). The number of hydrogen-bond donors (Lipinski definition) is 2. The van der Waals surface area contributed by atoms with Gasteiger partial charge in [-0.2, -0.15) is 13.2 Å². The van der Waals surface area contributed by atoms with Crippen LogP contribution >= 0.6 is 11.6 Å². The number of H-pyrrole nitrogens is 1. The van der Waals surface area contributed by atoms with Crippen LogP contribution in [0.1, 0.15) is 5.56 Å². The molecule has 9 heteroatoms. The van der Waals surface area contributed by atoms with E-state index < -0.39 is 35.6 Å². The van der Waals surface area contributed by atoms with Gasteiger partial charge in [0.15, 0.2) is 0 Å². The minimum Gasteiger partial charge on any atom is -0.324 e. The third-order valence-electron chi connectivity index (χ3n) is 3.54. The first-order valence-corrected chi connectivity index (χ1v) is 7.47. The Morgan fingerprint density at radius 2 is 1.92 bits per heavy atom. The van der Waals surface area contributed by atoms with Crippen LogP contribution in [0.25, 0.3) is 11.0 Å². The highest BCUT2D eigenvalue weighted by Crippen LogP contribution is 2.36. The molecule has 0 aliphatic carbocycles. The third-order valence-corrected chi connectivity index (χ3v) is 3.78. The molecular formula is C16H11ClF3N3O2. The standard InChI is InChI=1S/C16H11ClF3N3O2/c17-9-5-6-11(10(7-9)16(18,19)20)21-14(24)8-23-13-4-2-1-3-12(13)22-15(23)25/h1-7H,8H2,(H,21,24)(H,22,25). The van der Waals surface area contributed by atoms with Gasteiger partial charge in [0, 0.05) is 5.02 Å². The van der Waals surface area contributed by atoms with Crippen LogP contribution in [0.2, 0.25) is 5.02 Å². The molecule has 0 unspecified atom stereocenters. The maximum atomic E-state index is 13.1. The van der Waals surface area contributed by atoms with Crippen LogP contribution in [-0.4, -0.2) is 15.5 Å². The summed E-state index contributed by atoms with van der Waals surface area (Å²) < 4.78 is 40.3. The minimum atomic E-state index is -4.68. The maximum absolute atomic E-state index is 13.1. The number of amides is 1. The molecule has 0 aliphatic heterocycles. The molecule has 0 bridgehead atoms. The number of anilines is 1. The van der Waals surface area contributed by atoms with E-state index in [0.717, 1.165) is 16.7 Å². The fourth-order valence-electron chi connectivity index (χ4n) is 2.46. The Morgan fingerprint density at radius 1 is 1.20 bits per heavy atom. The molecule has 1 heterocycles. The number of aromatic amines is 1. The van der Waals surface area contributed by atoms with Crippen molar-refractivity contribution in [3.63, 3.8) is 0 Å². The molecule has 0 atom stereocenters. The van der Waals surface area contributed by atoms with Gasteiger partial charge in [-0.25, -0.2) is 4.79 Å². The zero-order valence-electron chi connectivity index (χ0n) is 12.5. The van der Waals surface area contributed by atoms with Gasteiger partial charge in [0.05, 0.1) is 22.3 Å². The van der Waals surface area contributed by atoms with Gasteiger partial charge in [-0.3, -0.25) is 9.36 Å². The van der Waals surface area contributed by atoms with E-state index >= 15 is 0 Å². The number of imidazole rings is 1.